The van der Waals surface area contributed by atoms with Gasteiger partial charge in [-0.1, -0.05) is 21.3 Å². The predicted molar refractivity (Wildman–Crippen MR) is 85.1 cm³/mol. The van der Waals surface area contributed by atoms with E-state index in [1.165, 1.54) is 0 Å². The lowest BCUT2D eigenvalue weighted by Gasteiger charge is -2.25. The van der Waals surface area contributed by atoms with Crippen molar-refractivity contribution in [3.05, 3.63) is 41.5 Å². The molecule has 3 rings (SSSR count). The van der Waals surface area contributed by atoms with Crippen LogP contribution in [0.4, 0.5) is 0 Å². The minimum Gasteiger partial charge on any atom is -0.313 e. The second kappa shape index (κ2) is 5.75. The fraction of sp³-hybridized carbons (Fsp3) is 0.357. The van der Waals surface area contributed by atoms with Gasteiger partial charge in [0.1, 0.15) is 0 Å². The number of hydrogen-bond acceptors (Lipinski definition) is 5. The van der Waals surface area contributed by atoms with E-state index in [0.29, 0.717) is 11.4 Å². The number of benzene rings is 1. The van der Waals surface area contributed by atoms with Crippen LogP contribution in [0.5, 0.6) is 0 Å². The van der Waals surface area contributed by atoms with Crippen LogP contribution in [0.1, 0.15) is 12.0 Å². The van der Waals surface area contributed by atoms with Crippen LogP contribution in [0, 0.1) is 6.92 Å². The first-order valence-corrected chi connectivity index (χ1v) is 9.39. The van der Waals surface area contributed by atoms with Crippen molar-refractivity contribution in [3.8, 4) is 0 Å². The van der Waals surface area contributed by atoms with Crippen LogP contribution in [-0.2, 0) is 19.6 Å². The quantitative estimate of drug-likeness (QED) is 0.743. The first-order chi connectivity index (χ1) is 9.97. The SMILES string of the molecule is Cc1ccc(S(O)(O)O[S+]2C(=O)C=C3CNCC[C@@H]32)cc1. The Labute approximate surface area is 128 Å². The molecule has 7 heteroatoms. The molecule has 1 aromatic carbocycles. The molecule has 1 fully saturated rings. The second-order valence-corrected chi connectivity index (χ2v) is 8.74. The van der Waals surface area contributed by atoms with Crippen molar-refractivity contribution < 1.29 is 17.5 Å². The van der Waals surface area contributed by atoms with Crippen LogP contribution in [0.25, 0.3) is 0 Å². The Balaban J connectivity index is 1.79. The Morgan fingerprint density at radius 2 is 2.05 bits per heavy atom. The monoisotopic (exact) mass is 328 g/mol. The lowest BCUT2D eigenvalue weighted by atomic mass is 10.1. The summed E-state index contributed by atoms with van der Waals surface area (Å²) in [5.41, 5.74) is 2.03. The van der Waals surface area contributed by atoms with Crippen LogP contribution >= 0.6 is 10.9 Å². The van der Waals surface area contributed by atoms with E-state index < -0.39 is 22.0 Å². The van der Waals surface area contributed by atoms with E-state index in [2.05, 4.69) is 5.32 Å². The van der Waals surface area contributed by atoms with Gasteiger partial charge in [0, 0.05) is 31.2 Å². The highest BCUT2D eigenvalue weighted by Gasteiger charge is 2.53. The van der Waals surface area contributed by atoms with E-state index in [1.54, 1.807) is 30.3 Å². The summed E-state index contributed by atoms with van der Waals surface area (Å²) < 4.78 is 26.1. The van der Waals surface area contributed by atoms with Gasteiger partial charge in [-0.05, 0) is 19.1 Å². The van der Waals surface area contributed by atoms with E-state index in [4.69, 9.17) is 3.63 Å². The topological polar surface area (TPSA) is 78.8 Å². The van der Waals surface area contributed by atoms with Crippen LogP contribution in [-0.4, -0.2) is 32.6 Å². The molecule has 0 aromatic heterocycles. The maximum absolute atomic E-state index is 12.1. The van der Waals surface area contributed by atoms with Gasteiger partial charge in [-0.2, -0.15) is 0 Å². The summed E-state index contributed by atoms with van der Waals surface area (Å²) in [7, 11) is -3.41. The molecule has 3 N–H and O–H groups in total. The molecule has 2 aliphatic heterocycles. The Bertz CT molecular complexity index is 585. The lowest BCUT2D eigenvalue weighted by Crippen LogP contribution is -2.37. The van der Waals surface area contributed by atoms with Crippen molar-refractivity contribution in [2.75, 3.05) is 13.1 Å². The first-order valence-electron chi connectivity index (χ1n) is 6.70. The summed E-state index contributed by atoms with van der Waals surface area (Å²) in [4.78, 5) is 12.4. The summed E-state index contributed by atoms with van der Waals surface area (Å²) in [5.74, 6) is 0. The van der Waals surface area contributed by atoms with Crippen molar-refractivity contribution >= 4 is 27.2 Å². The molecule has 1 aromatic rings. The zero-order valence-electron chi connectivity index (χ0n) is 11.6. The van der Waals surface area contributed by atoms with Crippen LogP contribution in [0.15, 0.2) is 40.8 Å². The number of carbonyl (C=O) groups excluding carboxylic acids is 1. The van der Waals surface area contributed by atoms with Crippen LogP contribution < -0.4 is 5.32 Å². The molecule has 0 saturated carbocycles. The van der Waals surface area contributed by atoms with E-state index in [1.807, 2.05) is 6.92 Å². The molecule has 0 radical (unpaired) electrons. The first kappa shape index (κ1) is 15.1. The Morgan fingerprint density at radius 3 is 2.76 bits per heavy atom. The fourth-order valence-corrected chi connectivity index (χ4v) is 6.02. The molecule has 114 valence electrons. The Hall–Kier alpha value is -0.830. The summed E-state index contributed by atoms with van der Waals surface area (Å²) in [6, 6.07) is 6.85. The third-order valence-corrected chi connectivity index (χ3v) is 7.38. The van der Waals surface area contributed by atoms with Crippen LogP contribution in [0.2, 0.25) is 0 Å². The van der Waals surface area contributed by atoms with Gasteiger partial charge < -0.3 is 14.4 Å². The van der Waals surface area contributed by atoms with Gasteiger partial charge in [0.05, 0.1) is 4.90 Å². The number of piperidine rings is 1. The minimum atomic E-state index is -3.41. The van der Waals surface area contributed by atoms with Crippen molar-refractivity contribution in [1.82, 2.24) is 5.32 Å². The predicted octanol–water partition coefficient (Wildman–Crippen LogP) is 2.40. The van der Waals surface area contributed by atoms with Gasteiger partial charge in [0.25, 0.3) is 11.2 Å². The largest absolute Gasteiger partial charge is 0.391 e. The normalized spacial score (nSPS) is 26.4. The number of aryl methyl sites for hydroxylation is 1. The minimum absolute atomic E-state index is 0.0182. The summed E-state index contributed by atoms with van der Waals surface area (Å²) >= 11 is -1.10. The van der Waals surface area contributed by atoms with Gasteiger partial charge in [-0.3, -0.25) is 0 Å². The Morgan fingerprint density at radius 1 is 1.33 bits per heavy atom. The molecule has 21 heavy (non-hydrogen) atoms. The van der Waals surface area contributed by atoms with Crippen molar-refractivity contribution in [2.24, 2.45) is 0 Å². The molecule has 0 bridgehead atoms. The molecule has 2 aliphatic rings. The van der Waals surface area contributed by atoms with E-state index in [9.17, 15) is 13.9 Å². The number of carbonyl (C=O) groups is 1. The van der Waals surface area contributed by atoms with Gasteiger partial charge in [-0.25, -0.2) is 4.79 Å². The molecule has 2 atom stereocenters. The Kier molecular flexibility index (Phi) is 4.13. The van der Waals surface area contributed by atoms with Crippen LogP contribution in [0.3, 0.4) is 0 Å². The van der Waals surface area contributed by atoms with Crippen molar-refractivity contribution in [1.29, 1.82) is 0 Å². The van der Waals surface area contributed by atoms with E-state index in [-0.39, 0.29) is 10.4 Å². The number of hydrogen-bond donors (Lipinski definition) is 3. The van der Waals surface area contributed by atoms with Gasteiger partial charge in [0.15, 0.2) is 16.1 Å². The second-order valence-electron chi connectivity index (χ2n) is 5.17. The molecule has 0 spiro atoms. The zero-order valence-corrected chi connectivity index (χ0v) is 13.2. The molecule has 0 aliphatic carbocycles. The summed E-state index contributed by atoms with van der Waals surface area (Å²) in [6.45, 7) is 3.41. The summed E-state index contributed by atoms with van der Waals surface area (Å²) in [5, 5.41) is 3.04. The standard InChI is InChI=1S/C14H17NO4S2/c1-10-2-4-12(5-3-10)21(17,18)19-20-13-6-7-15-9-11(13)8-14(20)16/h2-5,8,13,15H,6-7,9H2,1H3,(H-,17,18)/p+1/t13-,20?/m0/s1. The highest BCUT2D eigenvalue weighted by Crippen LogP contribution is 2.53. The maximum Gasteiger partial charge on any atom is 0.391 e. The molecule has 5 nitrogen and oxygen atoms in total. The lowest BCUT2D eigenvalue weighted by molar-refractivity contribution is -0.107. The zero-order chi connectivity index (χ0) is 15.0. The van der Waals surface area contributed by atoms with E-state index in [0.717, 1.165) is 24.1 Å². The van der Waals surface area contributed by atoms with E-state index >= 15 is 0 Å². The molecular formula is C14H18NO4S2+. The number of rotatable bonds is 3. The fourth-order valence-electron chi connectivity index (χ4n) is 2.44. The highest BCUT2D eigenvalue weighted by atomic mass is 32.3. The third kappa shape index (κ3) is 3.03. The van der Waals surface area contributed by atoms with Gasteiger partial charge >= 0.3 is 5.12 Å². The molecule has 1 unspecified atom stereocenters. The van der Waals surface area contributed by atoms with Gasteiger partial charge in [-0.15, -0.1) is 0 Å². The third-order valence-electron chi connectivity index (χ3n) is 3.58. The van der Waals surface area contributed by atoms with Crippen molar-refractivity contribution in [2.45, 2.75) is 23.5 Å². The highest BCUT2D eigenvalue weighted by molar-refractivity contribution is 8.27. The smallest absolute Gasteiger partial charge is 0.313 e. The maximum atomic E-state index is 12.1. The molecule has 0 amide bonds. The van der Waals surface area contributed by atoms with Gasteiger partial charge in [0.2, 0.25) is 0 Å². The average molecular weight is 328 g/mol. The molecule has 2 heterocycles. The number of nitrogens with one attached hydrogen (secondary N) is 1. The summed E-state index contributed by atoms with van der Waals surface area (Å²) in [6.07, 6.45) is 2.37. The number of fused-ring (bicyclic) bond motifs is 1. The molecular weight excluding hydrogens is 310 g/mol. The average Bonchev–Trinajstić information content (AvgIpc) is 2.75. The van der Waals surface area contributed by atoms with Crippen molar-refractivity contribution in [3.63, 3.8) is 0 Å². The molecule has 1 saturated heterocycles.